The highest BCUT2D eigenvalue weighted by Crippen LogP contribution is 2.29. The van der Waals surface area contributed by atoms with Crippen molar-refractivity contribution in [3.05, 3.63) is 28.3 Å². The molecule has 1 rings (SSSR count). The number of likely N-dealkylation sites (N-methyl/N-ethyl adjacent to an activating group) is 1. The zero-order chi connectivity index (χ0) is 10.7. The quantitative estimate of drug-likeness (QED) is 0.718. The zero-order valence-corrected chi connectivity index (χ0v) is 8.97. The van der Waals surface area contributed by atoms with Crippen LogP contribution in [-0.2, 0) is 0 Å². The minimum absolute atomic E-state index is 0.0459. The van der Waals surface area contributed by atoms with Gasteiger partial charge in [-0.05, 0) is 37.2 Å². The van der Waals surface area contributed by atoms with Crippen molar-refractivity contribution in [2.75, 3.05) is 13.6 Å². The second kappa shape index (κ2) is 4.64. The van der Waals surface area contributed by atoms with Crippen molar-refractivity contribution in [2.45, 2.75) is 13.0 Å². The zero-order valence-electron chi connectivity index (χ0n) is 8.21. The second-order valence-corrected chi connectivity index (χ2v) is 3.64. The van der Waals surface area contributed by atoms with E-state index in [1.807, 2.05) is 6.92 Å². The third kappa shape index (κ3) is 2.38. The normalized spacial score (nSPS) is 12.9. The van der Waals surface area contributed by atoms with Crippen LogP contribution in [0.5, 0.6) is 5.75 Å². The maximum absolute atomic E-state index is 9.71. The molecule has 1 atom stereocenters. The predicted octanol–water partition coefficient (Wildman–Crippen LogP) is 1.61. The first kappa shape index (κ1) is 11.3. The Labute approximate surface area is 88.3 Å². The van der Waals surface area contributed by atoms with E-state index in [1.165, 1.54) is 0 Å². The molecule has 1 unspecified atom stereocenters. The largest absolute Gasteiger partial charge is 0.506 e. The molecular formula is C10H14ClNO2. The molecule has 3 nitrogen and oxygen atoms in total. The molecule has 0 spiro atoms. The monoisotopic (exact) mass is 215 g/mol. The molecule has 4 heteroatoms. The maximum Gasteiger partial charge on any atom is 0.134 e. The van der Waals surface area contributed by atoms with E-state index in [0.29, 0.717) is 6.54 Å². The Bertz CT molecular complexity index is 328. The fourth-order valence-corrected chi connectivity index (χ4v) is 1.52. The molecule has 0 aliphatic rings. The van der Waals surface area contributed by atoms with Gasteiger partial charge in [-0.2, -0.15) is 0 Å². The Morgan fingerprint density at radius 1 is 1.50 bits per heavy atom. The second-order valence-electron chi connectivity index (χ2n) is 3.23. The first-order valence-electron chi connectivity index (χ1n) is 4.38. The number of aryl methyl sites for hydroxylation is 1. The summed E-state index contributed by atoms with van der Waals surface area (Å²) in [5, 5.41) is 22.2. The van der Waals surface area contributed by atoms with Crippen LogP contribution in [0.25, 0.3) is 0 Å². The van der Waals surface area contributed by atoms with Gasteiger partial charge in [-0.1, -0.05) is 11.6 Å². The average molecular weight is 216 g/mol. The molecule has 0 amide bonds. The van der Waals surface area contributed by atoms with Gasteiger partial charge >= 0.3 is 0 Å². The molecule has 1 aromatic carbocycles. The summed E-state index contributed by atoms with van der Waals surface area (Å²) in [5.74, 6) is 0.0459. The van der Waals surface area contributed by atoms with Crippen molar-refractivity contribution in [1.29, 1.82) is 0 Å². The molecule has 0 radical (unpaired) electrons. The average Bonchev–Trinajstić information content (AvgIpc) is 2.11. The SMILES string of the molecule is CNCC(O)c1cc(Cl)c(O)cc1C. The van der Waals surface area contributed by atoms with Crippen LogP contribution in [0.4, 0.5) is 0 Å². The highest BCUT2D eigenvalue weighted by atomic mass is 35.5. The highest BCUT2D eigenvalue weighted by molar-refractivity contribution is 6.32. The van der Waals surface area contributed by atoms with Crippen LogP contribution in [0.15, 0.2) is 12.1 Å². The summed E-state index contributed by atoms with van der Waals surface area (Å²) >= 11 is 5.75. The van der Waals surface area contributed by atoms with Crippen LogP contribution in [0, 0.1) is 6.92 Å². The van der Waals surface area contributed by atoms with Gasteiger partial charge in [0.2, 0.25) is 0 Å². The van der Waals surface area contributed by atoms with Gasteiger partial charge in [0.15, 0.2) is 0 Å². The lowest BCUT2D eigenvalue weighted by Gasteiger charge is -2.14. The number of aliphatic hydroxyl groups is 1. The van der Waals surface area contributed by atoms with Crippen LogP contribution in [0.1, 0.15) is 17.2 Å². The van der Waals surface area contributed by atoms with Gasteiger partial charge in [-0.25, -0.2) is 0 Å². The summed E-state index contributed by atoms with van der Waals surface area (Å²) in [5.41, 5.74) is 1.57. The van der Waals surface area contributed by atoms with E-state index in [0.717, 1.165) is 11.1 Å². The van der Waals surface area contributed by atoms with Crippen molar-refractivity contribution in [3.63, 3.8) is 0 Å². The molecule has 1 aromatic rings. The standard InChI is InChI=1S/C10H14ClNO2/c1-6-3-9(13)8(11)4-7(6)10(14)5-12-2/h3-4,10,12-14H,5H2,1-2H3. The molecule has 14 heavy (non-hydrogen) atoms. The summed E-state index contributed by atoms with van der Waals surface area (Å²) in [6.07, 6.45) is -0.599. The van der Waals surface area contributed by atoms with Gasteiger partial charge in [0, 0.05) is 6.54 Å². The molecule has 0 fully saturated rings. The van der Waals surface area contributed by atoms with Crippen LogP contribution in [-0.4, -0.2) is 23.8 Å². The molecule has 0 aromatic heterocycles. The summed E-state index contributed by atoms with van der Waals surface area (Å²) in [6, 6.07) is 3.14. The van der Waals surface area contributed by atoms with E-state index < -0.39 is 6.10 Å². The number of rotatable bonds is 3. The van der Waals surface area contributed by atoms with Gasteiger partial charge in [0.05, 0.1) is 11.1 Å². The van der Waals surface area contributed by atoms with Crippen LogP contribution in [0.2, 0.25) is 5.02 Å². The third-order valence-electron chi connectivity index (χ3n) is 2.09. The molecule has 78 valence electrons. The molecule has 0 heterocycles. The van der Waals surface area contributed by atoms with Gasteiger partial charge < -0.3 is 15.5 Å². The van der Waals surface area contributed by atoms with Crippen molar-refractivity contribution in [1.82, 2.24) is 5.32 Å². The number of aliphatic hydroxyl groups excluding tert-OH is 1. The lowest BCUT2D eigenvalue weighted by Crippen LogP contribution is -2.17. The van der Waals surface area contributed by atoms with Gasteiger partial charge in [0.1, 0.15) is 5.75 Å². The lowest BCUT2D eigenvalue weighted by atomic mass is 10.0. The van der Waals surface area contributed by atoms with E-state index in [1.54, 1.807) is 19.2 Å². The van der Waals surface area contributed by atoms with E-state index >= 15 is 0 Å². The van der Waals surface area contributed by atoms with Crippen molar-refractivity contribution in [3.8, 4) is 5.75 Å². The Morgan fingerprint density at radius 3 is 2.71 bits per heavy atom. The summed E-state index contributed by atoms with van der Waals surface area (Å²) < 4.78 is 0. The first-order chi connectivity index (χ1) is 6.56. The number of aromatic hydroxyl groups is 1. The fraction of sp³-hybridized carbons (Fsp3) is 0.400. The molecule has 0 saturated heterocycles. The molecule has 3 N–H and O–H groups in total. The van der Waals surface area contributed by atoms with Crippen LogP contribution >= 0.6 is 11.6 Å². The van der Waals surface area contributed by atoms with Crippen LogP contribution in [0.3, 0.4) is 0 Å². The fourth-order valence-electron chi connectivity index (χ4n) is 1.34. The van der Waals surface area contributed by atoms with Crippen molar-refractivity contribution in [2.24, 2.45) is 0 Å². The van der Waals surface area contributed by atoms with E-state index in [-0.39, 0.29) is 10.8 Å². The van der Waals surface area contributed by atoms with Gasteiger partial charge in [-0.3, -0.25) is 0 Å². The van der Waals surface area contributed by atoms with E-state index in [2.05, 4.69) is 5.32 Å². The van der Waals surface area contributed by atoms with Crippen molar-refractivity contribution < 1.29 is 10.2 Å². The Morgan fingerprint density at radius 2 is 2.14 bits per heavy atom. The lowest BCUT2D eigenvalue weighted by molar-refractivity contribution is 0.177. The third-order valence-corrected chi connectivity index (χ3v) is 2.39. The summed E-state index contributed by atoms with van der Waals surface area (Å²) in [4.78, 5) is 0. The minimum atomic E-state index is -0.599. The Balaban J connectivity index is 3.02. The molecule has 0 aliphatic heterocycles. The number of halogens is 1. The van der Waals surface area contributed by atoms with E-state index in [4.69, 9.17) is 11.6 Å². The predicted molar refractivity (Wildman–Crippen MR) is 56.7 cm³/mol. The van der Waals surface area contributed by atoms with Crippen LogP contribution < -0.4 is 5.32 Å². The molecule has 0 bridgehead atoms. The number of hydrogen-bond acceptors (Lipinski definition) is 3. The van der Waals surface area contributed by atoms with Gasteiger partial charge in [0.25, 0.3) is 0 Å². The Hall–Kier alpha value is -0.770. The number of nitrogens with one attached hydrogen (secondary N) is 1. The van der Waals surface area contributed by atoms with Gasteiger partial charge in [-0.15, -0.1) is 0 Å². The Kier molecular flexibility index (Phi) is 3.75. The minimum Gasteiger partial charge on any atom is -0.506 e. The number of phenolic OH excluding ortho intramolecular Hbond substituents is 1. The molecule has 0 aliphatic carbocycles. The number of hydrogen-bond donors (Lipinski definition) is 3. The van der Waals surface area contributed by atoms with E-state index in [9.17, 15) is 10.2 Å². The summed E-state index contributed by atoms with van der Waals surface area (Å²) in [6.45, 7) is 2.28. The first-order valence-corrected chi connectivity index (χ1v) is 4.75. The maximum atomic E-state index is 9.71. The summed E-state index contributed by atoms with van der Waals surface area (Å²) in [7, 11) is 1.76. The smallest absolute Gasteiger partial charge is 0.134 e. The van der Waals surface area contributed by atoms with Crippen molar-refractivity contribution >= 4 is 11.6 Å². The molecule has 0 saturated carbocycles. The highest BCUT2D eigenvalue weighted by Gasteiger charge is 2.12. The topological polar surface area (TPSA) is 52.5 Å². The number of benzene rings is 1. The molecular weight excluding hydrogens is 202 g/mol. The number of phenols is 1.